The highest BCUT2D eigenvalue weighted by atomic mass is 32.2. The van der Waals surface area contributed by atoms with Crippen molar-refractivity contribution in [3.8, 4) is 0 Å². The summed E-state index contributed by atoms with van der Waals surface area (Å²) in [5.74, 6) is 0.152. The van der Waals surface area contributed by atoms with Gasteiger partial charge in [0.25, 0.3) is 0 Å². The zero-order valence-electron chi connectivity index (χ0n) is 13.1. The first-order chi connectivity index (χ1) is 10.6. The van der Waals surface area contributed by atoms with Gasteiger partial charge in [0.15, 0.2) is 0 Å². The molecule has 2 aliphatic rings. The van der Waals surface area contributed by atoms with Gasteiger partial charge in [-0.05, 0) is 38.0 Å². The second-order valence-electron chi connectivity index (χ2n) is 6.10. The minimum Gasteiger partial charge on any atom is -0.390 e. The Morgan fingerprint density at radius 1 is 1.41 bits per heavy atom. The number of carbonyl (C=O) groups is 1. The van der Waals surface area contributed by atoms with Gasteiger partial charge in [0.1, 0.15) is 6.10 Å². The van der Waals surface area contributed by atoms with Crippen LogP contribution in [0, 0.1) is 6.92 Å². The Kier molecular flexibility index (Phi) is 4.43. The summed E-state index contributed by atoms with van der Waals surface area (Å²) in [5.41, 5.74) is 3.29. The molecule has 1 atom stereocenters. The van der Waals surface area contributed by atoms with Crippen LogP contribution in [0.25, 0.3) is 0 Å². The quantitative estimate of drug-likeness (QED) is 0.908. The van der Waals surface area contributed by atoms with Gasteiger partial charge in [-0.25, -0.2) is 0 Å². The summed E-state index contributed by atoms with van der Waals surface area (Å²) in [6, 6.07) is 8.28. The predicted molar refractivity (Wildman–Crippen MR) is 90.3 cm³/mol. The van der Waals surface area contributed by atoms with Crippen LogP contribution < -0.4 is 5.32 Å². The van der Waals surface area contributed by atoms with Gasteiger partial charge in [0.2, 0.25) is 5.91 Å². The standard InChI is InChI=1S/C17H22N2O2S/c1-12-4-6-13(7-5-12)15-10-14(21-19-15)11-18-16(20)17(22-2)8-3-9-17/h4-7,14H,3,8-11H2,1-2H3,(H,18,20). The average Bonchev–Trinajstić information content (AvgIpc) is 2.94. The second-order valence-corrected chi connectivity index (χ2v) is 7.29. The molecule has 0 aromatic heterocycles. The largest absolute Gasteiger partial charge is 0.390 e. The molecule has 0 radical (unpaired) electrons. The molecular formula is C17H22N2O2S. The molecule has 1 aliphatic heterocycles. The summed E-state index contributed by atoms with van der Waals surface area (Å²) in [5, 5.41) is 7.21. The number of rotatable bonds is 5. The minimum atomic E-state index is -0.195. The first-order valence-electron chi connectivity index (χ1n) is 7.76. The summed E-state index contributed by atoms with van der Waals surface area (Å²) in [6.45, 7) is 2.59. The highest BCUT2D eigenvalue weighted by Crippen LogP contribution is 2.42. The molecule has 1 fully saturated rings. The van der Waals surface area contributed by atoms with E-state index in [0.29, 0.717) is 6.54 Å². The van der Waals surface area contributed by atoms with Crippen molar-refractivity contribution in [2.45, 2.75) is 43.5 Å². The van der Waals surface area contributed by atoms with Crippen LogP contribution in [0.15, 0.2) is 29.4 Å². The normalized spacial score (nSPS) is 22.5. The van der Waals surface area contributed by atoms with Crippen LogP contribution in [-0.4, -0.2) is 35.3 Å². The van der Waals surface area contributed by atoms with E-state index in [1.807, 2.05) is 6.26 Å². The van der Waals surface area contributed by atoms with Crippen molar-refractivity contribution in [3.05, 3.63) is 35.4 Å². The molecular weight excluding hydrogens is 296 g/mol. The van der Waals surface area contributed by atoms with Crippen LogP contribution in [0.4, 0.5) is 0 Å². The zero-order valence-corrected chi connectivity index (χ0v) is 13.9. The van der Waals surface area contributed by atoms with Gasteiger partial charge in [0.05, 0.1) is 17.0 Å². The Morgan fingerprint density at radius 2 is 2.14 bits per heavy atom. The number of thioether (sulfide) groups is 1. The Bertz CT molecular complexity index is 573. The van der Waals surface area contributed by atoms with Crippen molar-refractivity contribution >= 4 is 23.4 Å². The molecule has 1 unspecified atom stereocenters. The molecule has 1 saturated carbocycles. The van der Waals surface area contributed by atoms with Crippen LogP contribution in [0.5, 0.6) is 0 Å². The molecule has 0 bridgehead atoms. The zero-order chi connectivity index (χ0) is 15.6. The summed E-state index contributed by atoms with van der Waals surface area (Å²) >= 11 is 1.67. The van der Waals surface area contributed by atoms with E-state index in [-0.39, 0.29) is 16.8 Å². The van der Waals surface area contributed by atoms with Crippen molar-refractivity contribution in [2.75, 3.05) is 12.8 Å². The van der Waals surface area contributed by atoms with Crippen LogP contribution >= 0.6 is 11.8 Å². The number of nitrogens with one attached hydrogen (secondary N) is 1. The second kappa shape index (κ2) is 6.32. The monoisotopic (exact) mass is 318 g/mol. The lowest BCUT2D eigenvalue weighted by Gasteiger charge is -2.38. The fraction of sp³-hybridized carbons (Fsp3) is 0.529. The van der Waals surface area contributed by atoms with E-state index in [1.165, 1.54) is 5.56 Å². The number of nitrogens with zero attached hydrogens (tertiary/aromatic N) is 1. The number of amides is 1. The maximum absolute atomic E-state index is 12.3. The van der Waals surface area contributed by atoms with E-state index in [2.05, 4.69) is 41.7 Å². The first kappa shape index (κ1) is 15.4. The summed E-state index contributed by atoms with van der Waals surface area (Å²) < 4.78 is -0.195. The van der Waals surface area contributed by atoms with Crippen LogP contribution in [0.3, 0.4) is 0 Å². The van der Waals surface area contributed by atoms with Gasteiger partial charge < -0.3 is 10.2 Å². The van der Waals surface area contributed by atoms with Crippen LogP contribution in [-0.2, 0) is 9.63 Å². The van der Waals surface area contributed by atoms with E-state index >= 15 is 0 Å². The van der Waals surface area contributed by atoms with Gasteiger partial charge in [-0.3, -0.25) is 4.79 Å². The van der Waals surface area contributed by atoms with Crippen molar-refractivity contribution < 1.29 is 9.63 Å². The molecule has 0 spiro atoms. The summed E-state index contributed by atoms with van der Waals surface area (Å²) in [7, 11) is 0. The maximum atomic E-state index is 12.3. The smallest absolute Gasteiger partial charge is 0.236 e. The lowest BCUT2D eigenvalue weighted by atomic mass is 9.83. The van der Waals surface area contributed by atoms with E-state index in [9.17, 15) is 4.79 Å². The van der Waals surface area contributed by atoms with E-state index < -0.39 is 0 Å². The topological polar surface area (TPSA) is 50.7 Å². The summed E-state index contributed by atoms with van der Waals surface area (Å²) in [6.07, 6.45) is 5.82. The molecule has 118 valence electrons. The Labute approximate surface area is 135 Å². The number of hydrogen-bond donors (Lipinski definition) is 1. The lowest BCUT2D eigenvalue weighted by molar-refractivity contribution is -0.126. The maximum Gasteiger partial charge on any atom is 0.236 e. The molecule has 0 saturated heterocycles. The minimum absolute atomic E-state index is 0.0563. The molecule has 5 heteroatoms. The number of hydrogen-bond acceptors (Lipinski definition) is 4. The Balaban J connectivity index is 1.50. The molecule has 22 heavy (non-hydrogen) atoms. The highest BCUT2D eigenvalue weighted by Gasteiger charge is 2.43. The molecule has 1 heterocycles. The molecule has 1 aromatic carbocycles. The van der Waals surface area contributed by atoms with E-state index in [1.54, 1.807) is 11.8 Å². The number of benzene rings is 1. The van der Waals surface area contributed by atoms with Gasteiger partial charge in [-0.15, -0.1) is 11.8 Å². The predicted octanol–water partition coefficient (Wildman–Crippen LogP) is 2.89. The third-order valence-corrected chi connectivity index (χ3v) is 5.95. The van der Waals surface area contributed by atoms with Gasteiger partial charge >= 0.3 is 0 Å². The van der Waals surface area contributed by atoms with Crippen molar-refractivity contribution in [2.24, 2.45) is 5.16 Å². The molecule has 1 aromatic rings. The Hall–Kier alpha value is -1.49. The molecule has 1 aliphatic carbocycles. The van der Waals surface area contributed by atoms with Crippen LogP contribution in [0.1, 0.15) is 36.8 Å². The molecule has 3 rings (SSSR count). The molecule has 4 nitrogen and oxygen atoms in total. The SMILES string of the molecule is CSC1(C(=O)NCC2CC(c3ccc(C)cc3)=NO2)CCC1. The highest BCUT2D eigenvalue weighted by molar-refractivity contribution is 8.00. The molecule has 1 N–H and O–H groups in total. The first-order valence-corrected chi connectivity index (χ1v) is 8.99. The summed E-state index contributed by atoms with van der Waals surface area (Å²) in [4.78, 5) is 17.8. The van der Waals surface area contributed by atoms with Crippen molar-refractivity contribution in [1.82, 2.24) is 5.32 Å². The molecule has 1 amide bonds. The van der Waals surface area contributed by atoms with Gasteiger partial charge in [-0.1, -0.05) is 35.0 Å². The van der Waals surface area contributed by atoms with Crippen LogP contribution in [0.2, 0.25) is 0 Å². The fourth-order valence-electron chi connectivity index (χ4n) is 2.84. The number of oxime groups is 1. The number of carbonyl (C=O) groups excluding carboxylic acids is 1. The third-order valence-electron chi connectivity index (χ3n) is 4.57. The lowest BCUT2D eigenvalue weighted by Crippen LogP contribution is -2.50. The average molecular weight is 318 g/mol. The van der Waals surface area contributed by atoms with Crippen molar-refractivity contribution in [3.63, 3.8) is 0 Å². The van der Waals surface area contributed by atoms with E-state index in [0.717, 1.165) is 37.0 Å². The Morgan fingerprint density at radius 3 is 2.73 bits per heavy atom. The van der Waals surface area contributed by atoms with Gasteiger partial charge in [0, 0.05) is 6.42 Å². The van der Waals surface area contributed by atoms with Crippen molar-refractivity contribution in [1.29, 1.82) is 0 Å². The number of aryl methyl sites for hydroxylation is 1. The fourth-order valence-corrected chi connectivity index (χ4v) is 3.80. The van der Waals surface area contributed by atoms with E-state index in [4.69, 9.17) is 4.84 Å². The van der Waals surface area contributed by atoms with Gasteiger partial charge in [-0.2, -0.15) is 0 Å². The third kappa shape index (κ3) is 3.00.